The molecule has 1 unspecified atom stereocenters. The van der Waals surface area contributed by atoms with E-state index in [1.54, 1.807) is 0 Å². The van der Waals surface area contributed by atoms with E-state index in [-0.39, 0.29) is 5.41 Å². The fourth-order valence-electron chi connectivity index (χ4n) is 4.15. The second-order valence-electron chi connectivity index (χ2n) is 8.99. The largest absolute Gasteiger partial charge is 0.266 e. The molecular formula is C28H30ClN3. The van der Waals surface area contributed by atoms with Gasteiger partial charge in [0.2, 0.25) is 0 Å². The van der Waals surface area contributed by atoms with Crippen molar-refractivity contribution in [1.82, 2.24) is 5.01 Å². The van der Waals surface area contributed by atoms with Crippen molar-refractivity contribution >= 4 is 23.1 Å². The van der Waals surface area contributed by atoms with E-state index in [2.05, 4.69) is 82.3 Å². The summed E-state index contributed by atoms with van der Waals surface area (Å²) in [7, 11) is 0. The highest BCUT2D eigenvalue weighted by Crippen LogP contribution is 2.35. The van der Waals surface area contributed by atoms with Crippen LogP contribution in [-0.2, 0) is 12.0 Å². The molecule has 4 heteroatoms. The minimum absolute atomic E-state index is 0.251. The van der Waals surface area contributed by atoms with E-state index in [1.807, 2.05) is 24.1 Å². The Morgan fingerprint density at radius 2 is 1.66 bits per heavy atom. The third-order valence-corrected chi connectivity index (χ3v) is 6.70. The van der Waals surface area contributed by atoms with Crippen LogP contribution in [0.1, 0.15) is 47.2 Å². The molecule has 1 heterocycles. The van der Waals surface area contributed by atoms with Gasteiger partial charge in [-0.15, -0.1) is 0 Å². The lowest BCUT2D eigenvalue weighted by Gasteiger charge is -2.27. The highest BCUT2D eigenvalue weighted by molar-refractivity contribution is 6.30. The quantitative estimate of drug-likeness (QED) is 0.319. The summed E-state index contributed by atoms with van der Waals surface area (Å²) in [6.45, 7) is 12.1. The van der Waals surface area contributed by atoms with Crippen molar-refractivity contribution in [3.8, 4) is 0 Å². The molecule has 0 N–H and O–H groups in total. The van der Waals surface area contributed by atoms with E-state index in [0.717, 1.165) is 28.7 Å². The Kier molecular flexibility index (Phi) is 6.21. The van der Waals surface area contributed by atoms with Crippen LogP contribution in [0.3, 0.4) is 0 Å². The fraction of sp³-hybridized carbons (Fsp3) is 0.286. The van der Waals surface area contributed by atoms with Crippen LogP contribution in [-0.4, -0.2) is 23.1 Å². The number of amidine groups is 1. The van der Waals surface area contributed by atoms with Crippen LogP contribution in [0, 0.1) is 20.8 Å². The van der Waals surface area contributed by atoms with Crippen LogP contribution in [0.2, 0.25) is 5.02 Å². The van der Waals surface area contributed by atoms with Gasteiger partial charge in [-0.2, -0.15) is 5.10 Å². The van der Waals surface area contributed by atoms with Crippen LogP contribution in [0.4, 0.5) is 0 Å². The van der Waals surface area contributed by atoms with Gasteiger partial charge in [0.25, 0.3) is 0 Å². The van der Waals surface area contributed by atoms with Crippen molar-refractivity contribution in [2.75, 3.05) is 6.54 Å². The van der Waals surface area contributed by atoms with Crippen LogP contribution < -0.4 is 0 Å². The zero-order valence-electron chi connectivity index (χ0n) is 19.5. The third-order valence-electron chi connectivity index (χ3n) is 6.45. The Labute approximate surface area is 196 Å². The number of halogens is 1. The standard InChI is InChI=1S/C28H30ClN3/c1-19-6-12-25(13-7-19)28(5)18-32(31-27(28)24-10-14-26(29)15-11-24)22(4)30-17-23-9-8-20(2)21(3)16-23/h6-16H,17-18H2,1-5H3. The number of aryl methyl sites for hydroxylation is 3. The number of benzene rings is 3. The first-order chi connectivity index (χ1) is 15.3. The maximum absolute atomic E-state index is 6.15. The molecule has 0 aliphatic carbocycles. The molecule has 1 aliphatic rings. The first-order valence-corrected chi connectivity index (χ1v) is 11.4. The molecule has 0 spiro atoms. The molecule has 0 amide bonds. The van der Waals surface area contributed by atoms with Gasteiger partial charge < -0.3 is 0 Å². The van der Waals surface area contributed by atoms with Crippen LogP contribution >= 0.6 is 11.6 Å². The molecule has 1 aliphatic heterocycles. The summed E-state index contributed by atoms with van der Waals surface area (Å²) < 4.78 is 0. The minimum Gasteiger partial charge on any atom is -0.266 e. The highest BCUT2D eigenvalue weighted by Gasteiger charge is 2.41. The molecule has 4 rings (SSSR count). The van der Waals surface area contributed by atoms with Crippen molar-refractivity contribution in [2.45, 2.75) is 46.6 Å². The molecule has 3 aromatic carbocycles. The van der Waals surface area contributed by atoms with Gasteiger partial charge in [-0.3, -0.25) is 10.0 Å². The lowest BCUT2D eigenvalue weighted by Crippen LogP contribution is -2.37. The molecule has 1 atom stereocenters. The van der Waals surface area contributed by atoms with Crippen molar-refractivity contribution in [1.29, 1.82) is 0 Å². The SMILES string of the molecule is CC(=NCc1ccc(C)c(C)c1)N1CC(C)(c2ccc(C)cc2)C(c2ccc(Cl)cc2)=N1. The van der Waals surface area contributed by atoms with Crippen LogP contribution in [0.25, 0.3) is 0 Å². The Bertz CT molecular complexity index is 1180. The molecule has 0 aromatic heterocycles. The summed E-state index contributed by atoms with van der Waals surface area (Å²) in [5, 5.41) is 7.84. The van der Waals surface area contributed by atoms with E-state index >= 15 is 0 Å². The van der Waals surface area contributed by atoms with Gasteiger partial charge in [0.15, 0.2) is 0 Å². The molecule has 3 nitrogen and oxygen atoms in total. The molecule has 0 saturated carbocycles. The van der Waals surface area contributed by atoms with Crippen molar-refractivity contribution in [2.24, 2.45) is 10.1 Å². The Morgan fingerprint density at radius 1 is 0.969 bits per heavy atom. The second-order valence-corrected chi connectivity index (χ2v) is 9.43. The maximum Gasteiger partial charge on any atom is 0.117 e. The number of hydrogen-bond acceptors (Lipinski definition) is 2. The third kappa shape index (κ3) is 4.49. The predicted octanol–water partition coefficient (Wildman–Crippen LogP) is 6.86. The highest BCUT2D eigenvalue weighted by atomic mass is 35.5. The van der Waals surface area contributed by atoms with Gasteiger partial charge >= 0.3 is 0 Å². The molecule has 3 aromatic rings. The average molecular weight is 444 g/mol. The molecule has 0 saturated heterocycles. The Hall–Kier alpha value is -2.91. The minimum atomic E-state index is -0.251. The van der Waals surface area contributed by atoms with Crippen molar-refractivity contribution in [3.05, 3.63) is 105 Å². The van der Waals surface area contributed by atoms with Gasteiger partial charge in [0, 0.05) is 5.02 Å². The number of aliphatic imine (C=N–C) groups is 1. The number of rotatable bonds is 4. The zero-order chi connectivity index (χ0) is 22.9. The van der Waals surface area contributed by atoms with Gasteiger partial charge in [0.1, 0.15) is 5.84 Å². The predicted molar refractivity (Wildman–Crippen MR) is 136 cm³/mol. The second kappa shape index (κ2) is 8.91. The van der Waals surface area contributed by atoms with Gasteiger partial charge in [0.05, 0.1) is 24.2 Å². The normalized spacial score (nSPS) is 18.8. The van der Waals surface area contributed by atoms with E-state index < -0.39 is 0 Å². The molecule has 0 radical (unpaired) electrons. The molecular weight excluding hydrogens is 414 g/mol. The van der Waals surface area contributed by atoms with E-state index in [4.69, 9.17) is 21.7 Å². The van der Waals surface area contributed by atoms with Crippen molar-refractivity contribution in [3.63, 3.8) is 0 Å². The lowest BCUT2D eigenvalue weighted by molar-refractivity contribution is 0.423. The number of hydrogen-bond donors (Lipinski definition) is 0. The monoisotopic (exact) mass is 443 g/mol. The number of nitrogens with zero attached hydrogens (tertiary/aromatic N) is 3. The van der Waals surface area contributed by atoms with Crippen LogP contribution in [0.5, 0.6) is 0 Å². The van der Waals surface area contributed by atoms with Gasteiger partial charge in [-0.05, 0) is 74.6 Å². The molecule has 0 bridgehead atoms. The van der Waals surface area contributed by atoms with Gasteiger partial charge in [-0.25, -0.2) is 0 Å². The molecule has 32 heavy (non-hydrogen) atoms. The average Bonchev–Trinajstić information content (AvgIpc) is 3.14. The zero-order valence-corrected chi connectivity index (χ0v) is 20.2. The first kappa shape index (κ1) is 22.3. The summed E-state index contributed by atoms with van der Waals surface area (Å²) >= 11 is 6.15. The topological polar surface area (TPSA) is 28.0 Å². The molecule has 164 valence electrons. The summed E-state index contributed by atoms with van der Waals surface area (Å²) in [4.78, 5) is 4.88. The summed E-state index contributed by atoms with van der Waals surface area (Å²) in [5.74, 6) is 0.922. The van der Waals surface area contributed by atoms with Crippen LogP contribution in [0.15, 0.2) is 76.8 Å². The lowest BCUT2D eigenvalue weighted by atomic mass is 9.76. The smallest absolute Gasteiger partial charge is 0.117 e. The molecule has 0 fully saturated rings. The summed E-state index contributed by atoms with van der Waals surface area (Å²) in [6, 6.07) is 23.3. The summed E-state index contributed by atoms with van der Waals surface area (Å²) in [6.07, 6.45) is 0. The van der Waals surface area contributed by atoms with Gasteiger partial charge in [-0.1, -0.05) is 71.8 Å². The van der Waals surface area contributed by atoms with E-state index in [1.165, 1.54) is 27.8 Å². The first-order valence-electron chi connectivity index (χ1n) is 11.0. The fourth-order valence-corrected chi connectivity index (χ4v) is 4.28. The van der Waals surface area contributed by atoms with E-state index in [9.17, 15) is 0 Å². The Morgan fingerprint density at radius 3 is 2.31 bits per heavy atom. The van der Waals surface area contributed by atoms with E-state index in [0.29, 0.717) is 6.54 Å². The Balaban J connectivity index is 1.67. The number of hydrazone groups is 1. The van der Waals surface area contributed by atoms with Crippen molar-refractivity contribution < 1.29 is 0 Å². The maximum atomic E-state index is 6.15. The summed E-state index contributed by atoms with van der Waals surface area (Å²) in [5.41, 5.74) is 8.20.